The van der Waals surface area contributed by atoms with E-state index < -0.39 is 65.1 Å². The van der Waals surface area contributed by atoms with Gasteiger partial charge in [-0.15, -0.1) is 11.6 Å². The molecule has 2 atom stereocenters. The summed E-state index contributed by atoms with van der Waals surface area (Å²) in [5.74, 6) is -2.80. The van der Waals surface area contributed by atoms with Crippen molar-refractivity contribution in [3.05, 3.63) is 116 Å². The van der Waals surface area contributed by atoms with Gasteiger partial charge in [0, 0.05) is 18.7 Å². The zero-order chi connectivity index (χ0) is 55.1. The summed E-state index contributed by atoms with van der Waals surface area (Å²) in [5.41, 5.74) is 1.60. The molecular weight excluding hydrogens is 1080 g/mol. The van der Waals surface area contributed by atoms with Crippen LogP contribution in [-0.2, 0) is 47.2 Å². The van der Waals surface area contributed by atoms with Crippen LogP contribution in [0.5, 0.6) is 17.2 Å². The van der Waals surface area contributed by atoms with Crippen molar-refractivity contribution in [2.45, 2.75) is 51.2 Å². The van der Waals surface area contributed by atoms with Crippen LogP contribution in [0.4, 0.5) is 30.2 Å². The van der Waals surface area contributed by atoms with Crippen molar-refractivity contribution < 1.29 is 76.0 Å². The molecule has 0 aliphatic carbocycles. The molecule has 2 unspecified atom stereocenters. The Balaban J connectivity index is 0.000000485. The number of aromatic carboxylic acids is 1. The molecule has 0 spiro atoms. The molecule has 72 heavy (non-hydrogen) atoms. The first-order chi connectivity index (χ1) is 33.5. The molecule has 0 bridgehead atoms. The summed E-state index contributed by atoms with van der Waals surface area (Å²) in [6.07, 6.45) is 2.17. The van der Waals surface area contributed by atoms with Gasteiger partial charge in [0.05, 0.1) is 64.5 Å². The number of carbonyl (C=O) groups excluding carboxylic acids is 2. The van der Waals surface area contributed by atoms with Crippen molar-refractivity contribution in [1.29, 1.82) is 0 Å². The molecule has 1 aliphatic heterocycles. The average molecular weight is 1140 g/mol. The van der Waals surface area contributed by atoms with E-state index in [9.17, 15) is 51.9 Å². The molecule has 5 rings (SSSR count). The molecule has 1 heterocycles. The van der Waals surface area contributed by atoms with Crippen LogP contribution in [-0.4, -0.2) is 112 Å². The Labute approximate surface area is 436 Å². The second-order valence-electron chi connectivity index (χ2n) is 15.0. The Hall–Kier alpha value is -4.87. The molecule has 4 aromatic carbocycles. The van der Waals surface area contributed by atoms with Gasteiger partial charge in [0.2, 0.25) is 5.91 Å². The van der Waals surface area contributed by atoms with Crippen molar-refractivity contribution in [3.63, 3.8) is 0 Å². The largest absolute Gasteiger partial charge is 0.778 e. The summed E-state index contributed by atoms with van der Waals surface area (Å²) in [4.78, 5) is 74.7. The maximum atomic E-state index is 12.6. The summed E-state index contributed by atoms with van der Waals surface area (Å²) in [5, 5.41) is 29.4. The van der Waals surface area contributed by atoms with E-state index in [0.717, 1.165) is 59.3 Å². The fourth-order valence-corrected chi connectivity index (χ4v) is 6.72. The van der Waals surface area contributed by atoms with Crippen molar-refractivity contribution in [1.82, 2.24) is 5.32 Å². The number of aryl methyl sites for hydroxylation is 2. The Morgan fingerprint density at radius 3 is 2.15 bits per heavy atom. The molecule has 4 aromatic rings. The van der Waals surface area contributed by atoms with Crippen molar-refractivity contribution in [2.24, 2.45) is 0 Å². The third-order valence-electron chi connectivity index (χ3n) is 8.75. The van der Waals surface area contributed by atoms with Crippen LogP contribution in [0.2, 0.25) is 5.02 Å². The number of nitrogens with one attached hydrogen (secondary N) is 1. The van der Waals surface area contributed by atoms with E-state index in [1.54, 1.807) is 9.80 Å². The van der Waals surface area contributed by atoms with Crippen molar-refractivity contribution >= 4 is 106 Å². The van der Waals surface area contributed by atoms with E-state index in [1.807, 2.05) is 68.6 Å². The number of anilines is 2. The first kappa shape index (κ1) is 65.1. The zero-order valence-electron chi connectivity index (χ0n) is 39.8. The lowest BCUT2D eigenvalue weighted by Gasteiger charge is -2.35. The van der Waals surface area contributed by atoms with Crippen LogP contribution < -0.4 is 29.5 Å². The highest BCUT2D eigenvalue weighted by Gasteiger charge is 2.33. The topological polar surface area (TPSA) is 258 Å². The molecule has 0 fully saturated rings. The van der Waals surface area contributed by atoms with E-state index in [0.29, 0.717) is 35.9 Å². The summed E-state index contributed by atoms with van der Waals surface area (Å²) >= 11 is 22.7. The molecule has 1 aliphatic rings. The number of nitro groups is 1. The quantitative estimate of drug-likeness (QED) is 0.0216. The van der Waals surface area contributed by atoms with Crippen LogP contribution >= 0.6 is 54.0 Å². The summed E-state index contributed by atoms with van der Waals surface area (Å²) in [6.45, 7) is 8.65. The number of para-hydroxylation sites is 3. The van der Waals surface area contributed by atoms with Crippen LogP contribution in [0, 0.1) is 17.0 Å². The number of nitrogens with zero attached hydrogens (tertiary/aromatic N) is 3. The third kappa shape index (κ3) is 22.9. The van der Waals surface area contributed by atoms with Crippen molar-refractivity contribution in [2.75, 3.05) is 67.2 Å². The number of amides is 2. The second-order valence-corrected chi connectivity index (χ2v) is 20.8. The molecule has 398 valence electrons. The molecule has 0 saturated carbocycles. The number of benzene rings is 4. The number of halogens is 7. The van der Waals surface area contributed by atoms with Gasteiger partial charge in [0.25, 0.3) is 11.6 Å². The van der Waals surface area contributed by atoms with Gasteiger partial charge < -0.3 is 43.7 Å². The minimum atomic E-state index is -4.58. The maximum absolute atomic E-state index is 12.6. The Morgan fingerprint density at radius 1 is 1.03 bits per heavy atom. The smallest absolute Gasteiger partial charge is 0.416 e. The van der Waals surface area contributed by atoms with E-state index in [4.69, 9.17) is 75.7 Å². The zero-order valence-corrected chi connectivity index (χ0v) is 44.5. The molecule has 0 aromatic heterocycles. The Kier molecular flexibility index (Phi) is 28.6. The van der Waals surface area contributed by atoms with Gasteiger partial charge in [0.15, 0.2) is 4.84 Å². The molecule has 0 radical (unpaired) electrons. The van der Waals surface area contributed by atoms with Gasteiger partial charge >= 0.3 is 18.1 Å². The highest BCUT2D eigenvalue weighted by Crippen LogP contribution is 2.38. The molecule has 0 saturated heterocycles. The molecule has 27 heteroatoms. The lowest BCUT2D eigenvalue weighted by atomic mass is 10.0. The number of rotatable bonds is 15. The first-order valence-corrected chi connectivity index (χ1v) is 26.9. The van der Waals surface area contributed by atoms with Gasteiger partial charge in [-0.1, -0.05) is 72.1 Å². The third-order valence-corrected chi connectivity index (χ3v) is 10.3. The lowest BCUT2D eigenvalue weighted by molar-refractivity contribution is -0.385. The van der Waals surface area contributed by atoms with Gasteiger partial charge in [0.1, 0.15) is 49.6 Å². The standard InChI is InChI=1S/C14H7ClF3NO5.C14H20ClNO2.C11H11Cl2NO2.C3H8NO5P.C3H9S/c15-10-5-7(14(16,17)18)1-4-12(10)24-8-2-3-11(19(22)23)9(6-8)13(20)21;1-4-12-8-6-7-11(3)14(12)16(10-18-5-2)13(17)9-15;1-7-6-16-9-5-3-2-4-8(9)14(7)11(15)10(12)13;5-3(6)1-4-2-10(7,8)9;1-4(2)3/h1-6H,(H,20,21);6-8H,4-5,9-10H2,1-3H3;2-5,7,10H,6H2,1H3;4H,1-2H2,(H,5,6)(H2,7,8,9);1-3H3/q;;;;+1/p-1. The molecule has 18 nitrogen and oxygen atoms in total. The number of alkyl halides is 6. The number of carbonyl (C=O) groups is 4. The fraction of sp³-hybridized carbons (Fsp3) is 0.378. The van der Waals surface area contributed by atoms with Gasteiger partial charge in [-0.25, -0.2) is 4.79 Å². The molecule has 2 amide bonds. The highest BCUT2D eigenvalue weighted by molar-refractivity contribution is 7.94. The molecule has 4 N–H and O–H groups in total. The van der Waals surface area contributed by atoms with E-state index in [1.165, 1.54) is 0 Å². The minimum Gasteiger partial charge on any atom is -0.778 e. The number of nitro benzene ring substituents is 1. The SMILES string of the molecule is CC1COc2ccccc2N1C(=O)C(Cl)Cl.CCOCN(C(=O)CCl)c1c(C)cccc1CC.C[S+](C)C.O=C(O)CNCP(=O)([O-])O.O=C(O)c1cc(Oc2ccc(C(F)(F)F)cc2Cl)ccc1[N+](=O)[O-]. The Morgan fingerprint density at radius 2 is 1.65 bits per heavy atom. The number of ether oxygens (including phenoxy) is 3. The predicted octanol–water partition coefficient (Wildman–Crippen LogP) is 9.14. The number of hydrogen-bond acceptors (Lipinski definition) is 12. The van der Waals surface area contributed by atoms with Crippen LogP contribution in [0.25, 0.3) is 0 Å². The fourth-order valence-electron chi connectivity index (χ4n) is 5.75. The number of carboxylic acids is 2. The monoisotopic (exact) mass is 1130 g/mol. The number of hydrogen-bond donors (Lipinski definition) is 4. The predicted molar refractivity (Wildman–Crippen MR) is 272 cm³/mol. The minimum absolute atomic E-state index is 0.0371. The second kappa shape index (κ2) is 31.7. The summed E-state index contributed by atoms with van der Waals surface area (Å²) in [6, 6.07) is 18.6. The number of fused-ring (bicyclic) bond motifs is 1. The van der Waals surface area contributed by atoms with E-state index in [-0.39, 0.29) is 47.0 Å². The summed E-state index contributed by atoms with van der Waals surface area (Å²) < 4.78 is 63.7. The van der Waals surface area contributed by atoms with Crippen LogP contribution in [0.15, 0.2) is 78.9 Å². The van der Waals surface area contributed by atoms with Crippen LogP contribution in [0.1, 0.15) is 47.8 Å². The normalized spacial score (nSPS) is 13.4. The van der Waals surface area contributed by atoms with Gasteiger partial charge in [-0.05, 0) is 85.6 Å². The average Bonchev–Trinajstić information content (AvgIpc) is 3.29. The number of aliphatic carboxylic acids is 1. The van der Waals surface area contributed by atoms with Crippen molar-refractivity contribution in [3.8, 4) is 17.2 Å². The first-order valence-electron chi connectivity index (χ1n) is 20.9. The Bertz CT molecular complexity index is 2490. The summed E-state index contributed by atoms with van der Waals surface area (Å²) in [7, 11) is -3.71. The number of carboxylic acid groups (broad SMARTS) is 2. The molecular formula is C45H54Cl4F3N4O14PS. The van der Waals surface area contributed by atoms with E-state index >= 15 is 0 Å². The van der Waals surface area contributed by atoms with Gasteiger partial charge in [-0.3, -0.25) is 34.7 Å². The van der Waals surface area contributed by atoms with E-state index in [2.05, 4.69) is 25.7 Å². The maximum Gasteiger partial charge on any atom is 0.416 e. The van der Waals surface area contributed by atoms with Gasteiger partial charge in [-0.2, -0.15) is 13.2 Å². The highest BCUT2D eigenvalue weighted by atomic mass is 35.5. The lowest BCUT2D eigenvalue weighted by Crippen LogP contribution is -2.47. The van der Waals surface area contributed by atoms with Crippen LogP contribution in [0.3, 0.4) is 0 Å².